The molecule has 26 heavy (non-hydrogen) atoms. The summed E-state index contributed by atoms with van der Waals surface area (Å²) in [7, 11) is 1.84. The number of hydrogen-bond donors (Lipinski definition) is 1. The van der Waals surface area contributed by atoms with Crippen molar-refractivity contribution in [2.24, 2.45) is 7.05 Å². The highest BCUT2D eigenvalue weighted by Crippen LogP contribution is 2.19. The van der Waals surface area contributed by atoms with E-state index in [1.54, 1.807) is 16.8 Å². The largest absolute Gasteiger partial charge is 0.486 e. The van der Waals surface area contributed by atoms with Crippen LogP contribution in [0, 0.1) is 19.7 Å². The molecule has 6 nitrogen and oxygen atoms in total. The summed E-state index contributed by atoms with van der Waals surface area (Å²) in [5.41, 5.74) is 3.12. The van der Waals surface area contributed by atoms with Gasteiger partial charge >= 0.3 is 0 Å². The lowest BCUT2D eigenvalue weighted by atomic mass is 10.2. The van der Waals surface area contributed by atoms with Gasteiger partial charge in [0, 0.05) is 12.4 Å². The van der Waals surface area contributed by atoms with E-state index in [2.05, 4.69) is 15.4 Å². The number of halogens is 1. The molecule has 1 amide bonds. The van der Waals surface area contributed by atoms with Crippen LogP contribution in [0.5, 0.6) is 5.75 Å². The normalized spacial score (nSPS) is 10.8. The van der Waals surface area contributed by atoms with Gasteiger partial charge in [-0.3, -0.25) is 9.48 Å². The highest BCUT2D eigenvalue weighted by atomic mass is 32.1. The van der Waals surface area contributed by atoms with Gasteiger partial charge in [-0.05, 0) is 38.1 Å². The minimum Gasteiger partial charge on any atom is -0.486 e. The second-order valence-corrected chi connectivity index (χ2v) is 6.81. The molecular formula is C18H19FN4O2S. The Labute approximate surface area is 154 Å². The van der Waals surface area contributed by atoms with Crippen molar-refractivity contribution in [1.29, 1.82) is 0 Å². The number of hydrogen-bond acceptors (Lipinski definition) is 5. The van der Waals surface area contributed by atoms with Gasteiger partial charge in [-0.25, -0.2) is 9.37 Å². The number of amides is 1. The molecule has 3 aromatic rings. The zero-order valence-electron chi connectivity index (χ0n) is 14.7. The molecule has 0 unspecified atom stereocenters. The van der Waals surface area contributed by atoms with Crippen molar-refractivity contribution in [3.05, 3.63) is 57.6 Å². The lowest BCUT2D eigenvalue weighted by Gasteiger charge is -2.05. The van der Waals surface area contributed by atoms with E-state index >= 15 is 0 Å². The summed E-state index contributed by atoms with van der Waals surface area (Å²) in [6.45, 7) is 4.04. The summed E-state index contributed by atoms with van der Waals surface area (Å²) >= 11 is 1.42. The molecule has 0 saturated heterocycles. The first-order chi connectivity index (χ1) is 12.4. The van der Waals surface area contributed by atoms with Gasteiger partial charge in [-0.1, -0.05) is 0 Å². The van der Waals surface area contributed by atoms with Gasteiger partial charge in [0.1, 0.15) is 23.2 Å². The number of nitrogens with zero attached hydrogens (tertiary/aromatic N) is 3. The summed E-state index contributed by atoms with van der Waals surface area (Å²) in [5.74, 6) is 0.128. The number of benzene rings is 1. The summed E-state index contributed by atoms with van der Waals surface area (Å²) in [5, 5.41) is 9.77. The van der Waals surface area contributed by atoms with Gasteiger partial charge in [0.05, 0.1) is 29.2 Å². The first-order valence-corrected chi connectivity index (χ1v) is 8.92. The fourth-order valence-electron chi connectivity index (χ4n) is 2.47. The van der Waals surface area contributed by atoms with Crippen molar-refractivity contribution in [2.75, 3.05) is 5.32 Å². The number of rotatable bonds is 6. The lowest BCUT2D eigenvalue weighted by Crippen LogP contribution is -2.15. The molecule has 0 spiro atoms. The molecular weight excluding hydrogens is 355 g/mol. The predicted octanol–water partition coefficient (Wildman–Crippen LogP) is 3.39. The Balaban J connectivity index is 1.56. The van der Waals surface area contributed by atoms with Crippen LogP contribution < -0.4 is 10.1 Å². The van der Waals surface area contributed by atoms with Crippen molar-refractivity contribution in [1.82, 2.24) is 14.8 Å². The molecule has 0 bridgehead atoms. The average molecular weight is 374 g/mol. The number of nitrogens with one attached hydrogen (secondary N) is 1. The quantitative estimate of drug-likeness (QED) is 0.718. The number of carbonyl (C=O) groups excluding carboxylic acids is 1. The molecule has 8 heteroatoms. The van der Waals surface area contributed by atoms with Crippen LogP contribution in [0.4, 0.5) is 10.1 Å². The van der Waals surface area contributed by atoms with Crippen LogP contribution in [0.15, 0.2) is 29.6 Å². The molecule has 3 rings (SSSR count). The van der Waals surface area contributed by atoms with Gasteiger partial charge in [0.25, 0.3) is 0 Å². The second-order valence-electron chi connectivity index (χ2n) is 5.87. The Hall–Kier alpha value is -2.74. The number of anilines is 1. The van der Waals surface area contributed by atoms with Crippen LogP contribution in [0.25, 0.3) is 0 Å². The van der Waals surface area contributed by atoms with Crippen LogP contribution >= 0.6 is 11.3 Å². The standard InChI is InChI=1S/C18H19FN4O2S/c1-11-18(12(2)23(3)22-11)21-16(24)8-14-10-26-17(20-14)9-25-15-6-4-13(19)5-7-15/h4-7,10H,8-9H2,1-3H3,(H,21,24). The molecule has 136 valence electrons. The van der Waals surface area contributed by atoms with Crippen LogP contribution in [-0.2, 0) is 24.9 Å². The predicted molar refractivity (Wildman–Crippen MR) is 97.9 cm³/mol. The summed E-state index contributed by atoms with van der Waals surface area (Å²) in [4.78, 5) is 16.7. The zero-order chi connectivity index (χ0) is 18.7. The maximum atomic E-state index is 12.9. The van der Waals surface area contributed by atoms with E-state index in [1.165, 1.54) is 23.5 Å². The number of aromatic nitrogens is 3. The topological polar surface area (TPSA) is 69.0 Å². The minimum atomic E-state index is -0.306. The Morgan fingerprint density at radius 2 is 2.04 bits per heavy atom. The van der Waals surface area contributed by atoms with Gasteiger partial charge in [0.15, 0.2) is 0 Å². The van der Waals surface area contributed by atoms with Gasteiger partial charge in [-0.15, -0.1) is 11.3 Å². The first-order valence-electron chi connectivity index (χ1n) is 8.04. The van der Waals surface area contributed by atoms with Crippen molar-refractivity contribution in [3.63, 3.8) is 0 Å². The number of aryl methyl sites for hydroxylation is 2. The van der Waals surface area contributed by atoms with E-state index in [1.807, 2.05) is 26.3 Å². The molecule has 0 fully saturated rings. The smallest absolute Gasteiger partial charge is 0.230 e. The number of thiazole rings is 1. The maximum absolute atomic E-state index is 12.9. The van der Waals surface area contributed by atoms with Crippen LogP contribution in [0.2, 0.25) is 0 Å². The van der Waals surface area contributed by atoms with Crippen LogP contribution in [0.3, 0.4) is 0 Å². The third-order valence-electron chi connectivity index (χ3n) is 3.89. The monoisotopic (exact) mass is 374 g/mol. The van der Waals surface area contributed by atoms with Crippen molar-refractivity contribution in [3.8, 4) is 5.75 Å². The molecule has 0 aliphatic carbocycles. The highest BCUT2D eigenvalue weighted by molar-refractivity contribution is 7.09. The molecule has 1 aromatic carbocycles. The molecule has 1 N–H and O–H groups in total. The van der Waals surface area contributed by atoms with Crippen LogP contribution in [0.1, 0.15) is 22.1 Å². The summed E-state index contributed by atoms with van der Waals surface area (Å²) < 4.78 is 20.2. The highest BCUT2D eigenvalue weighted by Gasteiger charge is 2.14. The molecule has 0 atom stereocenters. The van der Waals surface area contributed by atoms with Crippen LogP contribution in [-0.4, -0.2) is 20.7 Å². The van der Waals surface area contributed by atoms with E-state index in [0.717, 1.165) is 22.1 Å². The van der Waals surface area contributed by atoms with Crippen molar-refractivity contribution in [2.45, 2.75) is 26.9 Å². The fourth-order valence-corrected chi connectivity index (χ4v) is 3.18. The lowest BCUT2D eigenvalue weighted by molar-refractivity contribution is -0.115. The third-order valence-corrected chi connectivity index (χ3v) is 4.76. The van der Waals surface area contributed by atoms with E-state index in [4.69, 9.17) is 4.74 Å². The first kappa shape index (κ1) is 18.1. The second kappa shape index (κ2) is 7.65. The van der Waals surface area contributed by atoms with Gasteiger partial charge < -0.3 is 10.1 Å². The number of ether oxygens (including phenoxy) is 1. The fraction of sp³-hybridized carbons (Fsp3) is 0.278. The minimum absolute atomic E-state index is 0.138. The van der Waals surface area contributed by atoms with E-state index < -0.39 is 0 Å². The van der Waals surface area contributed by atoms with E-state index in [9.17, 15) is 9.18 Å². The third kappa shape index (κ3) is 4.26. The van der Waals surface area contributed by atoms with Crippen molar-refractivity contribution >= 4 is 22.9 Å². The molecule has 0 radical (unpaired) electrons. The summed E-state index contributed by atoms with van der Waals surface area (Å²) in [6, 6.07) is 5.82. The van der Waals surface area contributed by atoms with Gasteiger partial charge in [-0.2, -0.15) is 5.10 Å². The molecule has 2 aromatic heterocycles. The SMILES string of the molecule is Cc1nn(C)c(C)c1NC(=O)Cc1csc(COc2ccc(F)cc2)n1. The number of carbonyl (C=O) groups is 1. The Kier molecular flexibility index (Phi) is 5.32. The maximum Gasteiger partial charge on any atom is 0.230 e. The summed E-state index contributed by atoms with van der Waals surface area (Å²) in [6.07, 6.45) is 0.181. The molecule has 0 aliphatic heterocycles. The Morgan fingerprint density at radius 1 is 1.31 bits per heavy atom. The van der Waals surface area contributed by atoms with Crippen molar-refractivity contribution < 1.29 is 13.9 Å². The van der Waals surface area contributed by atoms with E-state index in [0.29, 0.717) is 11.4 Å². The molecule has 0 saturated carbocycles. The van der Waals surface area contributed by atoms with E-state index in [-0.39, 0.29) is 24.8 Å². The van der Waals surface area contributed by atoms with Gasteiger partial charge in [0.2, 0.25) is 5.91 Å². The zero-order valence-corrected chi connectivity index (χ0v) is 15.6. The Bertz CT molecular complexity index is 918. The molecule has 2 heterocycles. The Morgan fingerprint density at radius 3 is 2.69 bits per heavy atom. The average Bonchev–Trinajstić information content (AvgIpc) is 3.14. The molecule has 0 aliphatic rings.